The number of carbonyl (C=O) groups is 2. The van der Waals surface area contributed by atoms with Crippen molar-refractivity contribution in [1.29, 1.82) is 0 Å². The minimum absolute atomic E-state index is 0.0215. The second-order valence-electron chi connectivity index (χ2n) is 6.33. The minimum atomic E-state index is -0.306. The summed E-state index contributed by atoms with van der Waals surface area (Å²) in [5, 5.41) is 3.03. The normalized spacial score (nSPS) is 33.7. The summed E-state index contributed by atoms with van der Waals surface area (Å²) in [4.78, 5) is 26.3. The molecule has 2 bridgehead atoms. The fourth-order valence-corrected chi connectivity index (χ4v) is 4.36. The van der Waals surface area contributed by atoms with Crippen LogP contribution in [0.5, 0.6) is 0 Å². The number of amides is 2. The van der Waals surface area contributed by atoms with E-state index >= 15 is 0 Å². The molecule has 2 aliphatic carbocycles. The molecule has 1 N–H and O–H groups in total. The van der Waals surface area contributed by atoms with Crippen LogP contribution in [-0.2, 0) is 9.59 Å². The number of nitrogens with zero attached hydrogens (tertiary/aromatic N) is 1. The summed E-state index contributed by atoms with van der Waals surface area (Å²) in [7, 11) is 0. The Balaban J connectivity index is 1.48. The van der Waals surface area contributed by atoms with E-state index in [1.807, 2.05) is 0 Å². The summed E-state index contributed by atoms with van der Waals surface area (Å²) in [6.45, 7) is 0.176. The molecule has 2 amide bonds. The SMILES string of the molecule is O=C1[C@@H]2[C@H]3CC[C@@H](C3)[C@H]2C(=O)N1CNc1ccc(F)cc1. The lowest BCUT2D eigenvalue weighted by atomic mass is 9.81. The molecule has 5 heteroatoms. The second kappa shape index (κ2) is 4.55. The lowest BCUT2D eigenvalue weighted by Crippen LogP contribution is -2.36. The number of likely N-dealkylation sites (tertiary alicyclic amines) is 1. The number of imide groups is 1. The summed E-state index contributed by atoms with van der Waals surface area (Å²) in [5.41, 5.74) is 0.706. The maximum Gasteiger partial charge on any atom is 0.234 e. The van der Waals surface area contributed by atoms with Crippen LogP contribution in [0.3, 0.4) is 0 Å². The van der Waals surface area contributed by atoms with Gasteiger partial charge in [-0.15, -0.1) is 0 Å². The van der Waals surface area contributed by atoms with Crippen molar-refractivity contribution in [3.8, 4) is 0 Å². The first kappa shape index (κ1) is 12.8. The third-order valence-electron chi connectivity index (χ3n) is 5.30. The molecule has 1 heterocycles. The third kappa shape index (κ3) is 1.87. The maximum atomic E-state index is 12.9. The smallest absolute Gasteiger partial charge is 0.234 e. The molecular formula is C16H17FN2O2. The molecule has 4 rings (SSSR count). The Morgan fingerprint density at radius 3 is 2.19 bits per heavy atom. The Morgan fingerprint density at radius 1 is 1.05 bits per heavy atom. The first-order valence-corrected chi connectivity index (χ1v) is 7.50. The van der Waals surface area contributed by atoms with E-state index in [1.165, 1.54) is 17.0 Å². The van der Waals surface area contributed by atoms with Gasteiger partial charge in [-0.05, 0) is 55.4 Å². The number of hydrogen-bond donors (Lipinski definition) is 1. The number of hydrogen-bond acceptors (Lipinski definition) is 3. The highest BCUT2D eigenvalue weighted by atomic mass is 19.1. The van der Waals surface area contributed by atoms with Crippen molar-refractivity contribution in [1.82, 2.24) is 4.90 Å². The Kier molecular flexibility index (Phi) is 2.77. The van der Waals surface area contributed by atoms with E-state index in [0.29, 0.717) is 17.5 Å². The van der Waals surface area contributed by atoms with Crippen LogP contribution in [0.4, 0.5) is 10.1 Å². The molecule has 4 atom stereocenters. The topological polar surface area (TPSA) is 49.4 Å². The Hall–Kier alpha value is -1.91. The van der Waals surface area contributed by atoms with Crippen LogP contribution in [-0.4, -0.2) is 23.4 Å². The summed E-state index contributed by atoms with van der Waals surface area (Å²) in [6.07, 6.45) is 3.22. The van der Waals surface area contributed by atoms with Crippen LogP contribution in [0.2, 0.25) is 0 Å². The van der Waals surface area contributed by atoms with Gasteiger partial charge in [0, 0.05) is 5.69 Å². The van der Waals surface area contributed by atoms with Gasteiger partial charge in [0.2, 0.25) is 11.8 Å². The third-order valence-corrected chi connectivity index (χ3v) is 5.30. The Labute approximate surface area is 122 Å². The average Bonchev–Trinajstić information content (AvgIpc) is 3.14. The molecule has 1 aliphatic heterocycles. The molecular weight excluding hydrogens is 271 g/mol. The molecule has 0 aromatic heterocycles. The summed E-state index contributed by atoms with van der Waals surface area (Å²) in [6, 6.07) is 5.91. The lowest BCUT2D eigenvalue weighted by molar-refractivity contribution is -0.140. The van der Waals surface area contributed by atoms with E-state index in [9.17, 15) is 14.0 Å². The molecule has 3 fully saturated rings. The van der Waals surface area contributed by atoms with Gasteiger partial charge >= 0.3 is 0 Å². The number of benzene rings is 1. The average molecular weight is 288 g/mol. The van der Waals surface area contributed by atoms with Crippen molar-refractivity contribution >= 4 is 17.5 Å². The number of fused-ring (bicyclic) bond motifs is 5. The molecule has 0 unspecified atom stereocenters. The van der Waals surface area contributed by atoms with Crippen molar-refractivity contribution in [2.75, 3.05) is 12.0 Å². The van der Waals surface area contributed by atoms with Crippen molar-refractivity contribution < 1.29 is 14.0 Å². The number of anilines is 1. The minimum Gasteiger partial charge on any atom is -0.367 e. The van der Waals surface area contributed by atoms with E-state index in [4.69, 9.17) is 0 Å². The van der Waals surface area contributed by atoms with Gasteiger partial charge in [-0.2, -0.15) is 0 Å². The predicted octanol–water partition coefficient (Wildman–Crippen LogP) is 2.23. The molecule has 3 aliphatic rings. The molecule has 1 aromatic rings. The van der Waals surface area contributed by atoms with E-state index in [2.05, 4.69) is 5.32 Å². The molecule has 110 valence electrons. The first-order valence-electron chi connectivity index (χ1n) is 7.50. The fourth-order valence-electron chi connectivity index (χ4n) is 4.36. The van der Waals surface area contributed by atoms with Crippen molar-refractivity contribution in [3.63, 3.8) is 0 Å². The predicted molar refractivity (Wildman–Crippen MR) is 74.6 cm³/mol. The molecule has 0 spiro atoms. The van der Waals surface area contributed by atoms with Gasteiger partial charge in [0.05, 0.1) is 18.5 Å². The standard InChI is InChI=1S/C16H17FN2O2/c17-11-3-5-12(6-4-11)18-8-19-15(20)13-9-1-2-10(7-9)14(13)16(19)21/h3-6,9-10,13-14,18H,1-2,7-8H2/t9-,10-,13+,14+/m0/s1. The summed E-state index contributed by atoms with van der Waals surface area (Å²) < 4.78 is 12.9. The van der Waals surface area contributed by atoms with E-state index < -0.39 is 0 Å². The zero-order valence-electron chi connectivity index (χ0n) is 11.6. The van der Waals surface area contributed by atoms with E-state index in [1.54, 1.807) is 12.1 Å². The van der Waals surface area contributed by atoms with Gasteiger partial charge in [-0.25, -0.2) is 4.39 Å². The van der Waals surface area contributed by atoms with Gasteiger partial charge in [0.1, 0.15) is 5.82 Å². The zero-order chi connectivity index (χ0) is 14.6. The molecule has 21 heavy (non-hydrogen) atoms. The number of nitrogens with one attached hydrogen (secondary N) is 1. The lowest BCUT2D eigenvalue weighted by Gasteiger charge is -2.19. The fraction of sp³-hybridized carbons (Fsp3) is 0.500. The van der Waals surface area contributed by atoms with Gasteiger partial charge in [-0.1, -0.05) is 0 Å². The Bertz CT molecular complexity index is 573. The Morgan fingerprint density at radius 2 is 1.62 bits per heavy atom. The summed E-state index contributed by atoms with van der Waals surface area (Å²) in [5.74, 6) is 0.315. The summed E-state index contributed by atoms with van der Waals surface area (Å²) >= 11 is 0. The highest BCUT2D eigenvalue weighted by molar-refractivity contribution is 6.06. The highest BCUT2D eigenvalue weighted by Crippen LogP contribution is 2.55. The van der Waals surface area contributed by atoms with Crippen molar-refractivity contribution in [3.05, 3.63) is 30.1 Å². The largest absolute Gasteiger partial charge is 0.367 e. The van der Waals surface area contributed by atoms with Gasteiger partial charge in [0.15, 0.2) is 0 Å². The maximum absolute atomic E-state index is 12.9. The van der Waals surface area contributed by atoms with E-state index in [0.717, 1.165) is 19.3 Å². The molecule has 4 nitrogen and oxygen atoms in total. The van der Waals surface area contributed by atoms with Gasteiger partial charge < -0.3 is 5.32 Å². The van der Waals surface area contributed by atoms with Crippen LogP contribution in [0.15, 0.2) is 24.3 Å². The molecule has 1 aromatic carbocycles. The molecule has 1 saturated heterocycles. The molecule has 0 radical (unpaired) electrons. The number of halogens is 1. The van der Waals surface area contributed by atoms with Crippen LogP contribution in [0.25, 0.3) is 0 Å². The molecule has 2 saturated carbocycles. The van der Waals surface area contributed by atoms with Crippen molar-refractivity contribution in [2.24, 2.45) is 23.7 Å². The van der Waals surface area contributed by atoms with Crippen LogP contribution in [0.1, 0.15) is 19.3 Å². The highest BCUT2D eigenvalue weighted by Gasteiger charge is 2.60. The monoisotopic (exact) mass is 288 g/mol. The quantitative estimate of drug-likeness (QED) is 0.868. The second-order valence-corrected chi connectivity index (χ2v) is 6.33. The zero-order valence-corrected chi connectivity index (χ0v) is 11.6. The van der Waals surface area contributed by atoms with E-state index in [-0.39, 0.29) is 36.1 Å². The van der Waals surface area contributed by atoms with Gasteiger partial charge in [0.25, 0.3) is 0 Å². The number of carbonyl (C=O) groups excluding carboxylic acids is 2. The van der Waals surface area contributed by atoms with Crippen LogP contribution < -0.4 is 5.32 Å². The van der Waals surface area contributed by atoms with Crippen LogP contribution in [0, 0.1) is 29.5 Å². The first-order chi connectivity index (χ1) is 10.1. The van der Waals surface area contributed by atoms with Crippen molar-refractivity contribution in [2.45, 2.75) is 19.3 Å². The van der Waals surface area contributed by atoms with Gasteiger partial charge in [-0.3, -0.25) is 14.5 Å². The van der Waals surface area contributed by atoms with Crippen LogP contribution >= 0.6 is 0 Å². The number of rotatable bonds is 3.